The molecule has 7 heteroatoms. The number of hydrogen-bond acceptors (Lipinski definition) is 5. The SMILES string of the molecule is Cc1ccc(N2C(=O)CCC(C(=O)N3CCN(CCO)CC3)C2c2cccs2)cc1. The third kappa shape index (κ3) is 4.29. The standard InChI is InChI=1S/C23H29N3O3S/c1-17-4-6-18(7-5-17)26-21(28)9-8-19(22(26)20-3-2-16-30-20)23(29)25-12-10-24(11-13-25)14-15-27/h2-7,16,19,22,27H,8-15H2,1H3. The normalized spacial score (nSPS) is 23.1. The van der Waals surface area contributed by atoms with E-state index < -0.39 is 0 Å². The molecule has 1 aromatic heterocycles. The number of rotatable bonds is 5. The molecule has 2 aliphatic heterocycles. The topological polar surface area (TPSA) is 64.1 Å². The number of aliphatic hydroxyl groups excluding tert-OH is 1. The molecule has 3 heterocycles. The number of β-amino-alcohol motifs (C(OH)–C–C–N with tert-alkyl or cyclic N) is 1. The van der Waals surface area contributed by atoms with Crippen molar-refractivity contribution in [3.63, 3.8) is 0 Å². The Bertz CT molecular complexity index is 860. The Morgan fingerprint density at radius 3 is 2.50 bits per heavy atom. The van der Waals surface area contributed by atoms with Crippen LogP contribution in [0.1, 0.15) is 29.3 Å². The van der Waals surface area contributed by atoms with Gasteiger partial charge in [0.1, 0.15) is 0 Å². The van der Waals surface area contributed by atoms with Crippen LogP contribution in [-0.2, 0) is 9.59 Å². The van der Waals surface area contributed by atoms with Crippen molar-refractivity contribution in [2.75, 3.05) is 44.2 Å². The van der Waals surface area contributed by atoms with Gasteiger partial charge in [0.2, 0.25) is 11.8 Å². The molecule has 160 valence electrons. The van der Waals surface area contributed by atoms with Crippen LogP contribution in [-0.4, -0.2) is 66.1 Å². The molecule has 4 rings (SSSR count). The Hall–Kier alpha value is -2.22. The lowest BCUT2D eigenvalue weighted by Crippen LogP contribution is -2.54. The van der Waals surface area contributed by atoms with Crippen molar-refractivity contribution in [3.05, 3.63) is 52.2 Å². The van der Waals surface area contributed by atoms with Crippen LogP contribution in [0.3, 0.4) is 0 Å². The molecule has 0 radical (unpaired) electrons. The Labute approximate surface area is 181 Å². The lowest BCUT2D eigenvalue weighted by molar-refractivity contribution is -0.140. The molecular weight excluding hydrogens is 398 g/mol. The Morgan fingerprint density at radius 1 is 1.13 bits per heavy atom. The molecule has 2 fully saturated rings. The molecule has 2 aromatic rings. The van der Waals surface area contributed by atoms with Gasteiger partial charge in [-0.1, -0.05) is 23.8 Å². The van der Waals surface area contributed by atoms with Gasteiger partial charge < -0.3 is 14.9 Å². The largest absolute Gasteiger partial charge is 0.395 e. The van der Waals surface area contributed by atoms with Gasteiger partial charge in [-0.15, -0.1) is 11.3 Å². The first-order valence-electron chi connectivity index (χ1n) is 10.6. The average Bonchev–Trinajstić information content (AvgIpc) is 3.29. The number of amides is 2. The fourth-order valence-electron chi connectivity index (χ4n) is 4.51. The third-order valence-electron chi connectivity index (χ3n) is 6.16. The summed E-state index contributed by atoms with van der Waals surface area (Å²) in [5.41, 5.74) is 2.00. The summed E-state index contributed by atoms with van der Waals surface area (Å²) in [6, 6.07) is 11.7. The summed E-state index contributed by atoms with van der Waals surface area (Å²) in [5, 5.41) is 11.2. The van der Waals surface area contributed by atoms with Gasteiger partial charge in [-0.2, -0.15) is 0 Å². The molecule has 0 spiro atoms. The highest BCUT2D eigenvalue weighted by Gasteiger charge is 2.43. The zero-order chi connectivity index (χ0) is 21.1. The van der Waals surface area contributed by atoms with E-state index in [1.807, 2.05) is 58.5 Å². The third-order valence-corrected chi connectivity index (χ3v) is 7.10. The van der Waals surface area contributed by atoms with Crippen molar-refractivity contribution in [2.45, 2.75) is 25.8 Å². The Morgan fingerprint density at radius 2 is 1.87 bits per heavy atom. The molecule has 30 heavy (non-hydrogen) atoms. The molecule has 2 unspecified atom stereocenters. The molecule has 2 atom stereocenters. The van der Waals surface area contributed by atoms with Gasteiger partial charge in [0.15, 0.2) is 0 Å². The smallest absolute Gasteiger partial charge is 0.228 e. The van der Waals surface area contributed by atoms with E-state index in [0.717, 1.165) is 29.2 Å². The molecular formula is C23H29N3O3S. The number of nitrogens with zero attached hydrogens (tertiary/aromatic N) is 3. The summed E-state index contributed by atoms with van der Waals surface area (Å²) >= 11 is 1.61. The molecule has 2 aliphatic rings. The van der Waals surface area contributed by atoms with E-state index in [4.69, 9.17) is 5.11 Å². The summed E-state index contributed by atoms with van der Waals surface area (Å²) in [4.78, 5) is 33.6. The number of carbonyl (C=O) groups is 2. The fourth-order valence-corrected chi connectivity index (χ4v) is 5.39. The quantitative estimate of drug-likeness (QED) is 0.797. The molecule has 1 aromatic carbocycles. The predicted molar refractivity (Wildman–Crippen MR) is 119 cm³/mol. The van der Waals surface area contributed by atoms with Gasteiger partial charge in [0, 0.05) is 49.7 Å². The molecule has 0 saturated carbocycles. The van der Waals surface area contributed by atoms with E-state index >= 15 is 0 Å². The second-order valence-corrected chi connectivity index (χ2v) is 9.07. The minimum atomic E-state index is -0.267. The molecule has 0 bridgehead atoms. The second-order valence-electron chi connectivity index (χ2n) is 8.10. The first kappa shape index (κ1) is 21.0. The van der Waals surface area contributed by atoms with Crippen LogP contribution >= 0.6 is 11.3 Å². The maximum Gasteiger partial charge on any atom is 0.228 e. The molecule has 2 saturated heterocycles. The summed E-state index contributed by atoms with van der Waals surface area (Å²) in [7, 11) is 0. The van der Waals surface area contributed by atoms with E-state index in [1.54, 1.807) is 11.3 Å². The van der Waals surface area contributed by atoms with E-state index in [9.17, 15) is 9.59 Å². The van der Waals surface area contributed by atoms with Crippen LogP contribution in [0.4, 0.5) is 5.69 Å². The highest BCUT2D eigenvalue weighted by molar-refractivity contribution is 7.10. The Kier molecular flexibility index (Phi) is 6.51. The van der Waals surface area contributed by atoms with Crippen molar-refractivity contribution in [3.8, 4) is 0 Å². The molecule has 6 nitrogen and oxygen atoms in total. The first-order chi connectivity index (χ1) is 14.6. The molecule has 2 amide bonds. The lowest BCUT2D eigenvalue weighted by Gasteiger charge is -2.43. The number of anilines is 1. The zero-order valence-corrected chi connectivity index (χ0v) is 18.2. The number of piperidine rings is 1. The number of piperazine rings is 1. The van der Waals surface area contributed by atoms with Crippen LogP contribution in [0.25, 0.3) is 0 Å². The van der Waals surface area contributed by atoms with Gasteiger partial charge in [0.05, 0.1) is 18.6 Å². The number of carbonyl (C=O) groups excluding carboxylic acids is 2. The minimum absolute atomic E-state index is 0.0778. The van der Waals surface area contributed by atoms with Gasteiger partial charge in [-0.05, 0) is 36.9 Å². The second kappa shape index (κ2) is 9.29. The average molecular weight is 428 g/mol. The van der Waals surface area contributed by atoms with Gasteiger partial charge in [0.25, 0.3) is 0 Å². The number of thiophene rings is 1. The summed E-state index contributed by atoms with van der Waals surface area (Å²) in [5.74, 6) is -0.0252. The zero-order valence-electron chi connectivity index (χ0n) is 17.4. The van der Waals surface area contributed by atoms with E-state index in [1.165, 1.54) is 0 Å². The van der Waals surface area contributed by atoms with E-state index in [2.05, 4.69) is 4.90 Å². The maximum atomic E-state index is 13.6. The van der Waals surface area contributed by atoms with Crippen molar-refractivity contribution >= 4 is 28.8 Å². The Balaban J connectivity index is 1.61. The molecule has 1 N–H and O–H groups in total. The van der Waals surface area contributed by atoms with Gasteiger partial charge in [-0.3, -0.25) is 14.5 Å². The lowest BCUT2D eigenvalue weighted by atomic mass is 9.85. The number of benzene rings is 1. The van der Waals surface area contributed by atoms with Gasteiger partial charge >= 0.3 is 0 Å². The van der Waals surface area contributed by atoms with Crippen LogP contribution in [0, 0.1) is 12.8 Å². The van der Waals surface area contributed by atoms with Crippen molar-refractivity contribution < 1.29 is 14.7 Å². The molecule has 0 aliphatic carbocycles. The number of hydrogen-bond donors (Lipinski definition) is 1. The van der Waals surface area contributed by atoms with Crippen molar-refractivity contribution in [2.24, 2.45) is 5.92 Å². The summed E-state index contributed by atoms with van der Waals surface area (Å²) in [6.07, 6.45) is 0.968. The fraction of sp³-hybridized carbons (Fsp3) is 0.478. The van der Waals surface area contributed by atoms with E-state index in [-0.39, 0.29) is 30.4 Å². The summed E-state index contributed by atoms with van der Waals surface area (Å²) in [6.45, 7) is 5.73. The number of aryl methyl sites for hydroxylation is 1. The van der Waals surface area contributed by atoms with Crippen LogP contribution < -0.4 is 4.90 Å². The van der Waals surface area contributed by atoms with Crippen LogP contribution in [0.15, 0.2) is 41.8 Å². The van der Waals surface area contributed by atoms with Gasteiger partial charge in [-0.25, -0.2) is 0 Å². The monoisotopic (exact) mass is 427 g/mol. The highest BCUT2D eigenvalue weighted by atomic mass is 32.1. The van der Waals surface area contributed by atoms with E-state index in [0.29, 0.717) is 32.5 Å². The van der Waals surface area contributed by atoms with Crippen molar-refractivity contribution in [1.82, 2.24) is 9.80 Å². The minimum Gasteiger partial charge on any atom is -0.395 e. The highest BCUT2D eigenvalue weighted by Crippen LogP contribution is 2.42. The van der Waals surface area contributed by atoms with Crippen molar-refractivity contribution in [1.29, 1.82) is 0 Å². The first-order valence-corrected chi connectivity index (χ1v) is 11.5. The number of aliphatic hydroxyl groups is 1. The van der Waals surface area contributed by atoms with Crippen LogP contribution in [0.2, 0.25) is 0 Å². The summed E-state index contributed by atoms with van der Waals surface area (Å²) < 4.78 is 0. The predicted octanol–water partition coefficient (Wildman–Crippen LogP) is 2.68. The van der Waals surface area contributed by atoms with Crippen LogP contribution in [0.5, 0.6) is 0 Å². The maximum absolute atomic E-state index is 13.6.